The molecule has 0 saturated heterocycles. The lowest BCUT2D eigenvalue weighted by Gasteiger charge is -2.13. The van der Waals surface area contributed by atoms with E-state index in [0.717, 1.165) is 0 Å². The van der Waals surface area contributed by atoms with Gasteiger partial charge in [0.25, 0.3) is 0 Å². The van der Waals surface area contributed by atoms with Crippen LogP contribution in [-0.2, 0) is 9.53 Å². The first-order valence-electron chi connectivity index (χ1n) is 4.23. The highest BCUT2D eigenvalue weighted by atomic mass is 16.5. The molecular formula is C9H10N4O2. The Morgan fingerprint density at radius 2 is 1.73 bits per heavy atom. The molecule has 0 aliphatic heterocycles. The first-order valence-corrected chi connectivity index (χ1v) is 4.23. The van der Waals surface area contributed by atoms with Gasteiger partial charge in [-0.2, -0.15) is 15.8 Å². The van der Waals surface area contributed by atoms with Gasteiger partial charge in [-0.15, -0.1) is 0 Å². The molecule has 0 heterocycles. The lowest BCUT2D eigenvalue weighted by Crippen LogP contribution is -2.27. The van der Waals surface area contributed by atoms with Crippen molar-refractivity contribution in [2.45, 2.75) is 6.42 Å². The second-order valence-corrected chi connectivity index (χ2v) is 2.60. The van der Waals surface area contributed by atoms with E-state index < -0.39 is 5.97 Å². The minimum absolute atomic E-state index is 0.0744. The van der Waals surface area contributed by atoms with Crippen LogP contribution in [0.25, 0.3) is 0 Å². The van der Waals surface area contributed by atoms with Crippen LogP contribution in [0.1, 0.15) is 6.42 Å². The van der Waals surface area contributed by atoms with Crippen LogP contribution < -0.4 is 0 Å². The molecule has 78 valence electrons. The maximum atomic E-state index is 10.9. The van der Waals surface area contributed by atoms with Crippen molar-refractivity contribution in [2.75, 3.05) is 26.2 Å². The summed E-state index contributed by atoms with van der Waals surface area (Å²) in [5.74, 6) is -0.502. The van der Waals surface area contributed by atoms with Gasteiger partial charge < -0.3 is 4.74 Å². The first-order chi connectivity index (χ1) is 7.24. The lowest BCUT2D eigenvalue weighted by atomic mass is 10.3. The number of carbonyl (C=O) groups is 1. The molecule has 6 heteroatoms. The van der Waals surface area contributed by atoms with E-state index in [-0.39, 0.29) is 32.7 Å². The number of nitrogens with zero attached hydrogens (tertiary/aromatic N) is 4. The van der Waals surface area contributed by atoms with E-state index in [1.807, 2.05) is 12.1 Å². The summed E-state index contributed by atoms with van der Waals surface area (Å²) < 4.78 is 4.51. The van der Waals surface area contributed by atoms with Gasteiger partial charge in [-0.1, -0.05) is 0 Å². The smallest absolute Gasteiger partial charge is 0.308 e. The Hall–Kier alpha value is -2.10. The largest absolute Gasteiger partial charge is 0.450 e. The highest BCUT2D eigenvalue weighted by Gasteiger charge is 2.08. The molecule has 0 aromatic heterocycles. The molecule has 0 aliphatic rings. The maximum absolute atomic E-state index is 10.9. The monoisotopic (exact) mass is 206 g/mol. The molecule has 0 spiro atoms. The van der Waals surface area contributed by atoms with Crippen molar-refractivity contribution in [2.24, 2.45) is 0 Å². The number of hydrogen-bond donors (Lipinski definition) is 0. The fraction of sp³-hybridized carbons (Fsp3) is 0.556. The molecule has 0 aromatic rings. The summed E-state index contributed by atoms with van der Waals surface area (Å²) in [5.41, 5.74) is 0. The third-order valence-electron chi connectivity index (χ3n) is 1.52. The maximum Gasteiger partial charge on any atom is 0.308 e. The topological polar surface area (TPSA) is 101 Å². The average molecular weight is 206 g/mol. The second-order valence-electron chi connectivity index (χ2n) is 2.60. The number of hydrogen-bond acceptors (Lipinski definition) is 6. The summed E-state index contributed by atoms with van der Waals surface area (Å²) in [5, 5.41) is 25.0. The fourth-order valence-corrected chi connectivity index (χ4v) is 0.848. The molecule has 0 aliphatic carbocycles. The van der Waals surface area contributed by atoms with Crippen molar-refractivity contribution in [1.82, 2.24) is 4.90 Å². The summed E-state index contributed by atoms with van der Waals surface area (Å²) in [6.07, 6.45) is 0.0744. The molecule has 0 saturated carbocycles. The molecule has 0 N–H and O–H groups in total. The number of esters is 1. The van der Waals surface area contributed by atoms with Gasteiger partial charge >= 0.3 is 5.97 Å². The molecule has 0 amide bonds. The van der Waals surface area contributed by atoms with Crippen molar-refractivity contribution in [1.29, 1.82) is 15.8 Å². The van der Waals surface area contributed by atoms with E-state index in [0.29, 0.717) is 0 Å². The van der Waals surface area contributed by atoms with Gasteiger partial charge in [0.05, 0.1) is 31.6 Å². The highest BCUT2D eigenvalue weighted by molar-refractivity contribution is 5.69. The number of nitriles is 3. The minimum atomic E-state index is -0.502. The van der Waals surface area contributed by atoms with Crippen LogP contribution in [-0.4, -0.2) is 37.1 Å². The molecule has 0 aromatic carbocycles. The summed E-state index contributed by atoms with van der Waals surface area (Å²) in [4.78, 5) is 12.5. The number of ether oxygens (including phenoxy) is 1. The average Bonchev–Trinajstić information content (AvgIpc) is 2.23. The second kappa shape index (κ2) is 8.50. The minimum Gasteiger partial charge on any atom is -0.450 e. The molecule has 0 atom stereocenters. The van der Waals surface area contributed by atoms with Gasteiger partial charge in [0.15, 0.2) is 6.61 Å². The van der Waals surface area contributed by atoms with Gasteiger partial charge in [0, 0.05) is 6.54 Å². The van der Waals surface area contributed by atoms with Gasteiger partial charge in [-0.25, -0.2) is 0 Å². The van der Waals surface area contributed by atoms with E-state index in [1.165, 1.54) is 4.90 Å². The van der Waals surface area contributed by atoms with Gasteiger partial charge in [0.1, 0.15) is 6.07 Å². The van der Waals surface area contributed by atoms with E-state index in [9.17, 15) is 4.79 Å². The molecule has 15 heavy (non-hydrogen) atoms. The predicted octanol–water partition coefficient (Wildman–Crippen LogP) is -0.208. The number of carbonyl (C=O) groups excluding carboxylic acids is 1. The van der Waals surface area contributed by atoms with Crippen molar-refractivity contribution >= 4 is 5.97 Å². The Kier molecular flexibility index (Phi) is 7.31. The van der Waals surface area contributed by atoms with E-state index in [2.05, 4.69) is 4.74 Å². The van der Waals surface area contributed by atoms with Crippen molar-refractivity contribution in [3.8, 4) is 18.2 Å². The van der Waals surface area contributed by atoms with Crippen LogP contribution >= 0.6 is 0 Å². The quantitative estimate of drug-likeness (QED) is 0.440. The highest BCUT2D eigenvalue weighted by Crippen LogP contribution is 1.92. The molecular weight excluding hydrogens is 196 g/mol. The van der Waals surface area contributed by atoms with E-state index >= 15 is 0 Å². The molecule has 6 nitrogen and oxygen atoms in total. The van der Waals surface area contributed by atoms with Gasteiger partial charge in [-0.05, 0) is 0 Å². The molecule has 0 fully saturated rings. The Labute approximate surface area is 87.9 Å². The van der Waals surface area contributed by atoms with Crippen LogP contribution in [0.3, 0.4) is 0 Å². The zero-order valence-electron chi connectivity index (χ0n) is 8.14. The van der Waals surface area contributed by atoms with E-state index in [1.54, 1.807) is 6.07 Å². The summed E-state index contributed by atoms with van der Waals surface area (Å²) in [6.45, 7) is 0.207. The molecule has 0 unspecified atom stereocenters. The summed E-state index contributed by atoms with van der Waals surface area (Å²) in [7, 11) is 0. The fourth-order valence-electron chi connectivity index (χ4n) is 0.848. The van der Waals surface area contributed by atoms with Crippen molar-refractivity contribution in [3.63, 3.8) is 0 Å². The van der Waals surface area contributed by atoms with Gasteiger partial charge in [-0.3, -0.25) is 9.69 Å². The lowest BCUT2D eigenvalue weighted by molar-refractivity contribution is -0.142. The van der Waals surface area contributed by atoms with Crippen LogP contribution in [0.4, 0.5) is 0 Å². The van der Waals surface area contributed by atoms with Crippen molar-refractivity contribution in [3.05, 3.63) is 0 Å². The first kappa shape index (κ1) is 12.9. The molecule has 0 radical (unpaired) electrons. The number of rotatable bonds is 6. The Morgan fingerprint density at radius 1 is 1.13 bits per heavy atom. The summed E-state index contributed by atoms with van der Waals surface area (Å²) in [6, 6.07) is 5.45. The van der Waals surface area contributed by atoms with Crippen molar-refractivity contribution < 1.29 is 9.53 Å². The Balaban J connectivity index is 3.80. The van der Waals surface area contributed by atoms with Gasteiger partial charge in [0.2, 0.25) is 0 Å². The van der Waals surface area contributed by atoms with Crippen LogP contribution in [0.15, 0.2) is 0 Å². The zero-order chi connectivity index (χ0) is 11.5. The zero-order valence-corrected chi connectivity index (χ0v) is 8.14. The van der Waals surface area contributed by atoms with Crippen LogP contribution in [0.2, 0.25) is 0 Å². The predicted molar refractivity (Wildman–Crippen MR) is 48.9 cm³/mol. The SMILES string of the molecule is N#CCOC(=O)CCN(CC#N)CC#N. The standard InChI is InChI=1S/C9H10N4O2/c10-2-6-13(7-3-11)5-1-9(14)15-8-4-12/h1,5-8H2. The summed E-state index contributed by atoms with van der Waals surface area (Å²) >= 11 is 0. The Morgan fingerprint density at radius 3 is 2.20 bits per heavy atom. The Bertz CT molecular complexity index is 304. The normalized spacial score (nSPS) is 8.67. The molecule has 0 rings (SSSR count). The van der Waals surface area contributed by atoms with E-state index in [4.69, 9.17) is 15.8 Å². The third-order valence-corrected chi connectivity index (χ3v) is 1.52. The van der Waals surface area contributed by atoms with Crippen LogP contribution in [0, 0.1) is 34.0 Å². The van der Waals surface area contributed by atoms with Crippen LogP contribution in [0.5, 0.6) is 0 Å². The molecule has 0 bridgehead atoms. The third kappa shape index (κ3) is 7.01.